The maximum absolute atomic E-state index is 9.09. The van der Waals surface area contributed by atoms with Crippen LogP contribution in [0.3, 0.4) is 0 Å². The van der Waals surface area contributed by atoms with Crippen molar-refractivity contribution in [2.45, 2.75) is 84.0 Å². The van der Waals surface area contributed by atoms with Crippen LogP contribution in [-0.4, -0.2) is 17.0 Å². The lowest BCUT2D eigenvalue weighted by Crippen LogP contribution is -2.13. The predicted molar refractivity (Wildman–Crippen MR) is 102 cm³/mol. The SMILES string of the molecule is CCCCCCCCCCCCCCOC(N)=S.NC(=O)S. The summed E-state index contributed by atoms with van der Waals surface area (Å²) in [6.45, 7) is 2.96. The van der Waals surface area contributed by atoms with Gasteiger partial charge in [-0.3, -0.25) is 4.79 Å². The molecule has 0 bridgehead atoms. The second-order valence-electron chi connectivity index (χ2n) is 5.39. The van der Waals surface area contributed by atoms with Gasteiger partial charge in [-0.25, -0.2) is 0 Å². The molecule has 0 heterocycles. The maximum Gasteiger partial charge on any atom is 0.273 e. The van der Waals surface area contributed by atoms with Gasteiger partial charge in [0.1, 0.15) is 0 Å². The maximum atomic E-state index is 9.09. The fourth-order valence-electron chi connectivity index (χ4n) is 2.12. The van der Waals surface area contributed by atoms with E-state index in [1.54, 1.807) is 0 Å². The molecule has 6 heteroatoms. The van der Waals surface area contributed by atoms with Gasteiger partial charge in [0.2, 0.25) is 0 Å². The highest BCUT2D eigenvalue weighted by atomic mass is 32.1. The van der Waals surface area contributed by atoms with Crippen LogP contribution in [0.2, 0.25) is 0 Å². The minimum absolute atomic E-state index is 0.179. The highest BCUT2D eigenvalue weighted by Crippen LogP contribution is 2.11. The van der Waals surface area contributed by atoms with Crippen molar-refractivity contribution in [3.05, 3.63) is 0 Å². The van der Waals surface area contributed by atoms with Gasteiger partial charge in [0.05, 0.1) is 6.61 Å². The van der Waals surface area contributed by atoms with Gasteiger partial charge in [-0.05, 0) is 18.6 Å². The largest absolute Gasteiger partial charge is 0.471 e. The zero-order chi connectivity index (χ0) is 17.1. The van der Waals surface area contributed by atoms with Crippen LogP contribution >= 0.6 is 24.8 Å². The van der Waals surface area contributed by atoms with Crippen molar-refractivity contribution >= 4 is 35.3 Å². The van der Waals surface area contributed by atoms with E-state index >= 15 is 0 Å². The first-order valence-corrected chi connectivity index (χ1v) is 9.26. The Balaban J connectivity index is 0. The Kier molecular flexibility index (Phi) is 22.2. The molecule has 0 fully saturated rings. The molecular weight excluding hydrogens is 316 g/mol. The van der Waals surface area contributed by atoms with E-state index in [0.29, 0.717) is 6.61 Å². The number of hydrogen-bond acceptors (Lipinski definition) is 3. The quantitative estimate of drug-likeness (QED) is 0.250. The monoisotopic (exact) mass is 350 g/mol. The van der Waals surface area contributed by atoms with E-state index in [0.717, 1.165) is 6.42 Å². The smallest absolute Gasteiger partial charge is 0.273 e. The van der Waals surface area contributed by atoms with Gasteiger partial charge in [-0.15, -0.1) is 0 Å². The van der Waals surface area contributed by atoms with Crippen molar-refractivity contribution in [3.63, 3.8) is 0 Å². The molecule has 22 heavy (non-hydrogen) atoms. The van der Waals surface area contributed by atoms with Crippen LogP contribution in [0.4, 0.5) is 4.79 Å². The Labute approximate surface area is 147 Å². The first-order chi connectivity index (χ1) is 10.5. The van der Waals surface area contributed by atoms with Crippen molar-refractivity contribution in [2.24, 2.45) is 11.5 Å². The van der Waals surface area contributed by atoms with E-state index in [1.807, 2.05) is 0 Å². The summed E-state index contributed by atoms with van der Waals surface area (Å²) in [5, 5.41) is -0.460. The fourth-order valence-corrected chi connectivity index (χ4v) is 2.20. The third-order valence-corrected chi connectivity index (χ3v) is 3.36. The molecule has 0 aliphatic rings. The molecule has 4 N–H and O–H groups in total. The fraction of sp³-hybridized carbons (Fsp3) is 0.875. The summed E-state index contributed by atoms with van der Waals surface area (Å²) >= 11 is 7.74. The molecular formula is C16H34N2O2S2. The van der Waals surface area contributed by atoms with Crippen LogP contribution in [-0.2, 0) is 4.74 Å². The number of nitrogens with two attached hydrogens (primary N) is 2. The summed E-state index contributed by atoms with van der Waals surface area (Å²) in [5.74, 6) is 0. The van der Waals surface area contributed by atoms with Gasteiger partial charge in [0.25, 0.3) is 10.4 Å². The highest BCUT2D eigenvalue weighted by molar-refractivity contribution is 7.96. The Morgan fingerprint density at radius 1 is 0.864 bits per heavy atom. The first-order valence-electron chi connectivity index (χ1n) is 8.41. The molecule has 0 aromatic carbocycles. The summed E-state index contributed by atoms with van der Waals surface area (Å²) < 4.78 is 5.04. The van der Waals surface area contributed by atoms with Gasteiger partial charge in [-0.2, -0.15) is 0 Å². The van der Waals surface area contributed by atoms with Gasteiger partial charge in [0, 0.05) is 0 Å². The standard InChI is InChI=1S/C15H31NOS.CH3NOS/c1-2-3-4-5-6-7-8-9-10-11-12-13-14-17-15(16)18;2-1(3)4/h2-14H2,1H3,(H2,16,18);(H3,2,3,4). The molecule has 0 unspecified atom stereocenters. The zero-order valence-corrected chi connectivity index (χ0v) is 15.7. The average molecular weight is 351 g/mol. The molecule has 0 spiro atoms. The number of thiol groups is 1. The molecule has 0 saturated heterocycles. The van der Waals surface area contributed by atoms with Crippen LogP contribution in [0.25, 0.3) is 0 Å². The third-order valence-electron chi connectivity index (χ3n) is 3.24. The molecule has 0 rings (SSSR count). The second kappa shape index (κ2) is 20.5. The number of ether oxygens (including phenoxy) is 1. The molecule has 4 nitrogen and oxygen atoms in total. The second-order valence-corrected chi connectivity index (χ2v) is 6.24. The lowest BCUT2D eigenvalue weighted by atomic mass is 10.1. The van der Waals surface area contributed by atoms with Crippen molar-refractivity contribution < 1.29 is 9.53 Å². The average Bonchev–Trinajstić information content (AvgIpc) is 2.43. The van der Waals surface area contributed by atoms with Crippen molar-refractivity contribution in [1.29, 1.82) is 0 Å². The Bertz CT molecular complexity index is 261. The number of primary amides is 1. The van der Waals surface area contributed by atoms with E-state index in [-0.39, 0.29) is 5.17 Å². The normalized spacial score (nSPS) is 9.73. The predicted octanol–water partition coefficient (Wildman–Crippen LogP) is 4.94. The number of hydrogen-bond donors (Lipinski definition) is 3. The highest BCUT2D eigenvalue weighted by Gasteiger charge is 1.94. The summed E-state index contributed by atoms with van der Waals surface area (Å²) in [7, 11) is 0. The topological polar surface area (TPSA) is 78.3 Å². The lowest BCUT2D eigenvalue weighted by molar-refractivity contribution is 0.267. The molecule has 1 amide bonds. The van der Waals surface area contributed by atoms with Crippen LogP contribution < -0.4 is 11.5 Å². The summed E-state index contributed by atoms with van der Waals surface area (Å²) in [5.41, 5.74) is 9.58. The van der Waals surface area contributed by atoms with Crippen LogP contribution in [0, 0.1) is 0 Å². The molecule has 0 radical (unpaired) electrons. The zero-order valence-electron chi connectivity index (χ0n) is 14.0. The Morgan fingerprint density at radius 3 is 1.50 bits per heavy atom. The van der Waals surface area contributed by atoms with Crippen molar-refractivity contribution in [3.8, 4) is 0 Å². The first kappa shape index (κ1) is 23.8. The third kappa shape index (κ3) is 31.7. The van der Waals surface area contributed by atoms with Gasteiger partial charge >= 0.3 is 0 Å². The van der Waals surface area contributed by atoms with Crippen molar-refractivity contribution in [2.75, 3.05) is 6.61 Å². The lowest BCUT2D eigenvalue weighted by Gasteiger charge is -2.04. The number of unbranched alkanes of at least 4 members (excludes halogenated alkanes) is 11. The van der Waals surface area contributed by atoms with Crippen molar-refractivity contribution in [1.82, 2.24) is 0 Å². The van der Waals surface area contributed by atoms with Gasteiger partial charge in [0.15, 0.2) is 0 Å². The van der Waals surface area contributed by atoms with E-state index in [9.17, 15) is 0 Å². The molecule has 0 saturated carbocycles. The molecule has 0 atom stereocenters. The number of thiocarbonyl (C=S) groups is 1. The molecule has 0 aromatic heterocycles. The summed E-state index contributed by atoms with van der Waals surface area (Å²) in [6.07, 6.45) is 16.3. The van der Waals surface area contributed by atoms with Crippen LogP contribution in [0.1, 0.15) is 84.0 Å². The van der Waals surface area contributed by atoms with Gasteiger partial charge < -0.3 is 16.2 Å². The Morgan fingerprint density at radius 2 is 1.18 bits per heavy atom. The summed E-state index contributed by atoms with van der Waals surface area (Å²) in [6, 6.07) is 0. The number of carbonyl (C=O) groups is 1. The van der Waals surface area contributed by atoms with Gasteiger partial charge in [-0.1, -0.05) is 90.2 Å². The van der Waals surface area contributed by atoms with Crippen LogP contribution in [0.15, 0.2) is 0 Å². The van der Waals surface area contributed by atoms with E-state index in [2.05, 4.69) is 37.5 Å². The molecule has 0 aromatic rings. The minimum Gasteiger partial charge on any atom is -0.471 e. The Hall–Kier alpha value is -0.490. The molecule has 132 valence electrons. The number of amides is 1. The number of rotatable bonds is 13. The van der Waals surface area contributed by atoms with E-state index in [4.69, 9.17) is 15.3 Å². The molecule has 0 aliphatic carbocycles. The number of carbonyl (C=O) groups excluding carboxylic acids is 1. The van der Waals surface area contributed by atoms with E-state index in [1.165, 1.54) is 70.6 Å². The summed E-state index contributed by atoms with van der Waals surface area (Å²) in [4.78, 5) is 9.09. The molecule has 0 aliphatic heterocycles. The van der Waals surface area contributed by atoms with Crippen LogP contribution in [0.5, 0.6) is 0 Å². The van der Waals surface area contributed by atoms with E-state index < -0.39 is 5.24 Å². The minimum atomic E-state index is -0.639.